The van der Waals surface area contributed by atoms with Crippen molar-refractivity contribution in [3.8, 4) is 0 Å². The number of hydrogen-bond acceptors (Lipinski definition) is 0. The Bertz CT molecular complexity index is 310. The van der Waals surface area contributed by atoms with Gasteiger partial charge in [-0.2, -0.15) is 0 Å². The van der Waals surface area contributed by atoms with Crippen LogP contribution in [0.1, 0.15) is 69.2 Å². The topological polar surface area (TPSA) is 0 Å². The molecule has 0 spiro atoms. The lowest BCUT2D eigenvalue weighted by Gasteiger charge is -2.08. The van der Waals surface area contributed by atoms with Gasteiger partial charge in [-0.05, 0) is 54.9 Å². The van der Waals surface area contributed by atoms with E-state index in [1.807, 2.05) is 27.7 Å². The van der Waals surface area contributed by atoms with Crippen LogP contribution in [-0.2, 0) is 6.42 Å². The third-order valence-corrected chi connectivity index (χ3v) is 3.26. The first-order valence-corrected chi connectivity index (χ1v) is 6.79. The highest BCUT2D eigenvalue weighted by Crippen LogP contribution is 2.35. The van der Waals surface area contributed by atoms with E-state index in [0.717, 1.165) is 5.92 Å². The summed E-state index contributed by atoms with van der Waals surface area (Å²) < 4.78 is 0. The molecule has 1 aliphatic carbocycles. The molecule has 92 valence electrons. The van der Waals surface area contributed by atoms with Gasteiger partial charge in [-0.25, -0.2) is 0 Å². The van der Waals surface area contributed by atoms with Gasteiger partial charge >= 0.3 is 0 Å². The van der Waals surface area contributed by atoms with E-state index >= 15 is 0 Å². The van der Waals surface area contributed by atoms with Gasteiger partial charge in [0.25, 0.3) is 0 Å². The molecular weight excluding hydrogens is 192 g/mol. The maximum absolute atomic E-state index is 2.33. The number of fused-ring (bicyclic) bond motifs is 1. The second kappa shape index (κ2) is 7.49. The van der Waals surface area contributed by atoms with E-state index < -0.39 is 0 Å². The summed E-state index contributed by atoms with van der Waals surface area (Å²) >= 11 is 0. The number of rotatable bonds is 0. The van der Waals surface area contributed by atoms with Gasteiger partial charge in [0.2, 0.25) is 0 Å². The van der Waals surface area contributed by atoms with Crippen molar-refractivity contribution in [2.24, 2.45) is 0 Å². The first-order chi connectivity index (χ1) is 7.70. The molecule has 0 saturated carbocycles. The summed E-state index contributed by atoms with van der Waals surface area (Å²) in [7, 11) is 0. The van der Waals surface area contributed by atoms with E-state index in [1.165, 1.54) is 24.0 Å². The Morgan fingerprint density at radius 2 is 1.56 bits per heavy atom. The molecule has 0 saturated heterocycles. The molecule has 2 rings (SSSR count). The van der Waals surface area contributed by atoms with Crippen LogP contribution in [0.4, 0.5) is 0 Å². The lowest BCUT2D eigenvalue weighted by atomic mass is 9.97. The van der Waals surface area contributed by atoms with Gasteiger partial charge in [0.05, 0.1) is 0 Å². The summed E-state index contributed by atoms with van der Waals surface area (Å²) in [6.45, 7) is 14.8. The second-order valence-electron chi connectivity index (χ2n) is 4.01. The lowest BCUT2D eigenvalue weighted by Crippen LogP contribution is -1.91. The third-order valence-electron chi connectivity index (χ3n) is 3.26. The largest absolute Gasteiger partial charge is 0.0683 e. The SMILES string of the molecule is CC.CC.Cc1ccc2c(c1C)CCC2C. The van der Waals surface area contributed by atoms with Gasteiger partial charge < -0.3 is 0 Å². The zero-order valence-electron chi connectivity index (χ0n) is 12.1. The van der Waals surface area contributed by atoms with Crippen molar-refractivity contribution >= 4 is 0 Å². The Kier molecular flexibility index (Phi) is 7.12. The van der Waals surface area contributed by atoms with Gasteiger partial charge in [0.1, 0.15) is 0 Å². The normalized spacial score (nSPS) is 16.6. The highest BCUT2D eigenvalue weighted by molar-refractivity contribution is 5.44. The fourth-order valence-electron chi connectivity index (χ4n) is 2.20. The van der Waals surface area contributed by atoms with Gasteiger partial charge in [0, 0.05) is 0 Å². The second-order valence-corrected chi connectivity index (χ2v) is 4.01. The molecule has 0 amide bonds. The Labute approximate surface area is 102 Å². The van der Waals surface area contributed by atoms with Crippen molar-refractivity contribution in [2.75, 3.05) is 0 Å². The number of benzene rings is 1. The minimum Gasteiger partial charge on any atom is -0.0683 e. The van der Waals surface area contributed by atoms with Crippen molar-refractivity contribution in [1.29, 1.82) is 0 Å². The van der Waals surface area contributed by atoms with Crippen molar-refractivity contribution in [1.82, 2.24) is 0 Å². The van der Waals surface area contributed by atoms with Crippen LogP contribution in [0.25, 0.3) is 0 Å². The summed E-state index contributed by atoms with van der Waals surface area (Å²) in [5.41, 5.74) is 6.19. The van der Waals surface area contributed by atoms with Crippen LogP contribution in [0.15, 0.2) is 12.1 Å². The van der Waals surface area contributed by atoms with E-state index in [1.54, 1.807) is 11.1 Å². The highest BCUT2D eigenvalue weighted by atomic mass is 14.2. The van der Waals surface area contributed by atoms with Crippen LogP contribution >= 0.6 is 0 Å². The summed E-state index contributed by atoms with van der Waals surface area (Å²) in [5, 5.41) is 0. The van der Waals surface area contributed by atoms with Crippen LogP contribution in [-0.4, -0.2) is 0 Å². The maximum atomic E-state index is 2.33. The molecule has 0 radical (unpaired) electrons. The van der Waals surface area contributed by atoms with Crippen LogP contribution in [0.3, 0.4) is 0 Å². The molecule has 1 unspecified atom stereocenters. The van der Waals surface area contributed by atoms with E-state index in [9.17, 15) is 0 Å². The predicted molar refractivity (Wildman–Crippen MR) is 75.3 cm³/mol. The van der Waals surface area contributed by atoms with Crippen LogP contribution in [0, 0.1) is 13.8 Å². The molecule has 16 heavy (non-hydrogen) atoms. The molecule has 0 aliphatic heterocycles. The fourth-order valence-corrected chi connectivity index (χ4v) is 2.20. The molecule has 1 aromatic carbocycles. The Hall–Kier alpha value is -0.780. The summed E-state index contributed by atoms with van der Waals surface area (Å²) in [4.78, 5) is 0. The van der Waals surface area contributed by atoms with Crippen molar-refractivity contribution in [3.63, 3.8) is 0 Å². The first kappa shape index (κ1) is 15.2. The number of hydrogen-bond donors (Lipinski definition) is 0. The highest BCUT2D eigenvalue weighted by Gasteiger charge is 2.19. The molecule has 0 fully saturated rings. The van der Waals surface area contributed by atoms with Crippen LogP contribution < -0.4 is 0 Å². The first-order valence-electron chi connectivity index (χ1n) is 6.79. The standard InChI is InChI=1S/C12H16.2C2H6/c1-8-4-6-11-9(2)5-7-12(11)10(8)3;2*1-2/h4,6,9H,5,7H2,1-3H3;2*1-2H3. The summed E-state index contributed by atoms with van der Waals surface area (Å²) in [6.07, 6.45) is 2.64. The Morgan fingerprint density at radius 1 is 1.00 bits per heavy atom. The molecule has 0 heterocycles. The number of aryl methyl sites for hydroxylation is 1. The minimum atomic E-state index is 0.791. The smallest absolute Gasteiger partial charge is 0.0184 e. The molecule has 1 atom stereocenters. The average Bonchev–Trinajstić information content (AvgIpc) is 2.72. The van der Waals surface area contributed by atoms with Gasteiger partial charge in [-0.1, -0.05) is 46.8 Å². The average molecular weight is 220 g/mol. The fraction of sp³-hybridized carbons (Fsp3) is 0.625. The minimum absolute atomic E-state index is 0.791. The van der Waals surface area contributed by atoms with E-state index in [0.29, 0.717) is 0 Å². The molecule has 0 aromatic heterocycles. The van der Waals surface area contributed by atoms with Crippen LogP contribution in [0.5, 0.6) is 0 Å². The molecular formula is C16H28. The third kappa shape index (κ3) is 3.10. The Morgan fingerprint density at radius 3 is 2.12 bits per heavy atom. The predicted octanol–water partition coefficient (Wildman–Crippen LogP) is 5.41. The van der Waals surface area contributed by atoms with E-state index in [2.05, 4.69) is 32.9 Å². The molecule has 1 aromatic rings. The molecule has 1 aliphatic rings. The molecule has 0 heteroatoms. The molecule has 0 nitrogen and oxygen atoms in total. The van der Waals surface area contributed by atoms with Gasteiger partial charge in [-0.3, -0.25) is 0 Å². The van der Waals surface area contributed by atoms with E-state index in [4.69, 9.17) is 0 Å². The lowest BCUT2D eigenvalue weighted by molar-refractivity contribution is 0.747. The van der Waals surface area contributed by atoms with Gasteiger partial charge in [-0.15, -0.1) is 0 Å². The van der Waals surface area contributed by atoms with E-state index in [-0.39, 0.29) is 0 Å². The quantitative estimate of drug-likeness (QED) is 0.548. The van der Waals surface area contributed by atoms with Crippen LogP contribution in [0.2, 0.25) is 0 Å². The summed E-state index contributed by atoms with van der Waals surface area (Å²) in [5.74, 6) is 0.791. The Balaban J connectivity index is 0.000000509. The molecule has 0 bridgehead atoms. The van der Waals surface area contributed by atoms with Crippen molar-refractivity contribution < 1.29 is 0 Å². The zero-order valence-corrected chi connectivity index (χ0v) is 12.1. The van der Waals surface area contributed by atoms with Crippen molar-refractivity contribution in [2.45, 2.75) is 67.2 Å². The summed E-state index contributed by atoms with van der Waals surface area (Å²) in [6, 6.07) is 4.57. The molecule has 0 N–H and O–H groups in total. The zero-order chi connectivity index (χ0) is 12.7. The van der Waals surface area contributed by atoms with Gasteiger partial charge in [0.15, 0.2) is 0 Å². The maximum Gasteiger partial charge on any atom is -0.0184 e. The van der Waals surface area contributed by atoms with Crippen molar-refractivity contribution in [3.05, 3.63) is 34.4 Å². The monoisotopic (exact) mass is 220 g/mol.